The topological polar surface area (TPSA) is 36.9 Å². The van der Waals surface area contributed by atoms with Crippen LogP contribution in [-0.2, 0) is 11.3 Å². The van der Waals surface area contributed by atoms with Gasteiger partial charge in [-0.05, 0) is 37.0 Å². The summed E-state index contributed by atoms with van der Waals surface area (Å²) in [5.74, 6) is 1.62. The molecule has 1 aliphatic heterocycles. The first-order valence-corrected chi connectivity index (χ1v) is 9.32. The molecular weight excluding hydrogens is 449 g/mol. The molecule has 1 saturated heterocycles. The first-order chi connectivity index (χ1) is 11.6. The molecule has 6 heteroatoms. The van der Waals surface area contributed by atoms with Crippen molar-refractivity contribution in [3.05, 3.63) is 34.9 Å². The van der Waals surface area contributed by atoms with Crippen LogP contribution in [0.5, 0.6) is 0 Å². The second-order valence-corrected chi connectivity index (χ2v) is 7.92. The minimum atomic E-state index is 0. The minimum Gasteiger partial charge on any atom is -0.377 e. The van der Waals surface area contributed by atoms with Crippen molar-refractivity contribution in [2.24, 2.45) is 16.3 Å². The molecule has 1 N–H and O–H groups in total. The molecule has 3 fully saturated rings. The molecule has 3 atom stereocenters. The van der Waals surface area contributed by atoms with Crippen molar-refractivity contribution in [3.8, 4) is 0 Å². The highest BCUT2D eigenvalue weighted by atomic mass is 127. The number of halogens is 2. The summed E-state index contributed by atoms with van der Waals surface area (Å²) in [6.07, 6.45) is 5.59. The maximum absolute atomic E-state index is 6.10. The Bertz CT molecular complexity index is 649. The number of fused-ring (bicyclic) bond motifs is 2. The van der Waals surface area contributed by atoms with Gasteiger partial charge in [-0.1, -0.05) is 30.2 Å². The van der Waals surface area contributed by atoms with Crippen LogP contribution in [0.2, 0.25) is 5.02 Å². The summed E-state index contributed by atoms with van der Waals surface area (Å²) in [5, 5.41) is 4.54. The van der Waals surface area contributed by atoms with Crippen LogP contribution in [0.4, 0.5) is 0 Å². The van der Waals surface area contributed by atoms with Crippen molar-refractivity contribution in [1.82, 2.24) is 10.2 Å². The Balaban J connectivity index is 0.00000182. The average molecular weight is 476 g/mol. The molecule has 2 saturated carbocycles. The fraction of sp³-hybridized carbons (Fsp3) is 0.632. The summed E-state index contributed by atoms with van der Waals surface area (Å²) in [6.45, 7) is 1.72. The monoisotopic (exact) mass is 475 g/mol. The third-order valence-electron chi connectivity index (χ3n) is 6.20. The molecule has 3 aliphatic rings. The van der Waals surface area contributed by atoms with E-state index < -0.39 is 0 Å². The van der Waals surface area contributed by atoms with E-state index in [1.807, 2.05) is 25.2 Å². The van der Waals surface area contributed by atoms with E-state index in [4.69, 9.17) is 16.3 Å². The quantitative estimate of drug-likeness (QED) is 0.409. The number of nitrogens with zero attached hydrogens (tertiary/aromatic N) is 2. The molecule has 3 unspecified atom stereocenters. The van der Waals surface area contributed by atoms with Gasteiger partial charge >= 0.3 is 0 Å². The molecule has 0 radical (unpaired) electrons. The number of aliphatic imine (C=N–C) groups is 1. The highest BCUT2D eigenvalue weighted by Crippen LogP contribution is 2.62. The number of benzene rings is 1. The Hall–Kier alpha value is -0.530. The first-order valence-electron chi connectivity index (χ1n) is 8.94. The van der Waals surface area contributed by atoms with Crippen LogP contribution in [0.15, 0.2) is 29.3 Å². The standard InChI is InChI=1S/C19H26ClN3O.HI/c1-21-18(23(2)12-13-5-3-6-14(20)11-13)22-16-15-7-10-24-17(15)19(16)8-4-9-19;/h3,5-6,11,15-17H,4,7-10,12H2,1-2H3,(H,21,22);1H. The van der Waals surface area contributed by atoms with Gasteiger partial charge in [-0.2, -0.15) is 0 Å². The van der Waals surface area contributed by atoms with Crippen LogP contribution < -0.4 is 5.32 Å². The van der Waals surface area contributed by atoms with Crippen LogP contribution in [-0.4, -0.2) is 43.7 Å². The van der Waals surface area contributed by atoms with Gasteiger partial charge in [0.05, 0.1) is 6.10 Å². The second-order valence-electron chi connectivity index (χ2n) is 7.49. The lowest BCUT2D eigenvalue weighted by molar-refractivity contribution is -0.171. The number of hydrogen-bond donors (Lipinski definition) is 1. The second kappa shape index (κ2) is 7.61. The van der Waals surface area contributed by atoms with E-state index in [1.165, 1.54) is 31.2 Å². The Morgan fingerprint density at radius 3 is 2.88 bits per heavy atom. The molecule has 0 amide bonds. The van der Waals surface area contributed by atoms with Gasteiger partial charge in [-0.3, -0.25) is 4.99 Å². The average Bonchev–Trinajstić information content (AvgIpc) is 2.91. The molecule has 2 aliphatic carbocycles. The molecule has 1 aromatic rings. The fourth-order valence-electron chi connectivity index (χ4n) is 4.92. The third-order valence-corrected chi connectivity index (χ3v) is 6.44. The van der Waals surface area contributed by atoms with Crippen LogP contribution >= 0.6 is 35.6 Å². The van der Waals surface area contributed by atoms with Crippen molar-refractivity contribution in [1.29, 1.82) is 0 Å². The predicted octanol–water partition coefficient (Wildman–Crippen LogP) is 3.92. The lowest BCUT2D eigenvalue weighted by Crippen LogP contribution is -2.72. The van der Waals surface area contributed by atoms with Crippen LogP contribution in [0.1, 0.15) is 31.2 Å². The third kappa shape index (κ3) is 3.28. The Labute approximate surface area is 172 Å². The molecule has 138 valence electrons. The molecule has 0 bridgehead atoms. The molecule has 1 heterocycles. The van der Waals surface area contributed by atoms with E-state index in [9.17, 15) is 0 Å². The number of hydrogen-bond acceptors (Lipinski definition) is 2. The van der Waals surface area contributed by atoms with Crippen LogP contribution in [0.3, 0.4) is 0 Å². The minimum absolute atomic E-state index is 0. The molecule has 0 aromatic heterocycles. The Morgan fingerprint density at radius 2 is 2.24 bits per heavy atom. The summed E-state index contributed by atoms with van der Waals surface area (Å²) < 4.78 is 6.02. The molecular formula is C19H27ClIN3O. The zero-order valence-electron chi connectivity index (χ0n) is 14.9. The molecule has 25 heavy (non-hydrogen) atoms. The largest absolute Gasteiger partial charge is 0.377 e. The maximum atomic E-state index is 6.10. The van der Waals surface area contributed by atoms with E-state index in [0.29, 0.717) is 23.5 Å². The van der Waals surface area contributed by atoms with Gasteiger partial charge in [0, 0.05) is 49.6 Å². The van der Waals surface area contributed by atoms with Crippen LogP contribution in [0, 0.1) is 11.3 Å². The van der Waals surface area contributed by atoms with E-state index >= 15 is 0 Å². The van der Waals surface area contributed by atoms with Crippen molar-refractivity contribution < 1.29 is 4.74 Å². The fourth-order valence-corrected chi connectivity index (χ4v) is 5.14. The Morgan fingerprint density at radius 1 is 1.44 bits per heavy atom. The lowest BCUT2D eigenvalue weighted by Gasteiger charge is -2.63. The van der Waals surface area contributed by atoms with E-state index in [0.717, 1.165) is 24.1 Å². The van der Waals surface area contributed by atoms with Gasteiger partial charge in [0.15, 0.2) is 5.96 Å². The zero-order chi connectivity index (χ0) is 16.7. The molecule has 1 aromatic carbocycles. The number of guanidine groups is 1. The SMILES string of the molecule is CN=C(NC1C2CCOC2C12CCC2)N(C)Cc1cccc(Cl)c1.I. The molecule has 4 rings (SSSR count). The number of rotatable bonds is 3. The summed E-state index contributed by atoms with van der Waals surface area (Å²) in [5.41, 5.74) is 1.57. The smallest absolute Gasteiger partial charge is 0.193 e. The van der Waals surface area contributed by atoms with Gasteiger partial charge < -0.3 is 15.0 Å². The highest BCUT2D eigenvalue weighted by Gasteiger charge is 2.66. The summed E-state index contributed by atoms with van der Waals surface area (Å²) >= 11 is 6.10. The van der Waals surface area contributed by atoms with Gasteiger partial charge in [0.25, 0.3) is 0 Å². The van der Waals surface area contributed by atoms with Gasteiger partial charge in [-0.25, -0.2) is 0 Å². The summed E-state index contributed by atoms with van der Waals surface area (Å²) in [7, 11) is 3.95. The van der Waals surface area contributed by atoms with E-state index in [-0.39, 0.29) is 24.0 Å². The van der Waals surface area contributed by atoms with Crippen LogP contribution in [0.25, 0.3) is 0 Å². The maximum Gasteiger partial charge on any atom is 0.193 e. The van der Waals surface area contributed by atoms with Gasteiger partial charge in [0.2, 0.25) is 0 Å². The first kappa shape index (κ1) is 19.2. The number of ether oxygens (including phenoxy) is 1. The molecule has 4 nitrogen and oxygen atoms in total. The summed E-state index contributed by atoms with van der Waals surface area (Å²) in [6, 6.07) is 8.54. The van der Waals surface area contributed by atoms with E-state index in [1.54, 1.807) is 0 Å². The summed E-state index contributed by atoms with van der Waals surface area (Å²) in [4.78, 5) is 6.71. The zero-order valence-corrected chi connectivity index (χ0v) is 18.0. The predicted molar refractivity (Wildman–Crippen MR) is 113 cm³/mol. The Kier molecular flexibility index (Phi) is 5.85. The number of nitrogens with one attached hydrogen (secondary N) is 1. The van der Waals surface area contributed by atoms with Crippen molar-refractivity contribution in [2.75, 3.05) is 20.7 Å². The normalized spacial score (nSPS) is 29.2. The van der Waals surface area contributed by atoms with E-state index in [2.05, 4.69) is 28.3 Å². The highest BCUT2D eigenvalue weighted by molar-refractivity contribution is 14.0. The van der Waals surface area contributed by atoms with Gasteiger partial charge in [-0.15, -0.1) is 24.0 Å². The lowest BCUT2D eigenvalue weighted by atomic mass is 9.46. The van der Waals surface area contributed by atoms with Gasteiger partial charge in [0.1, 0.15) is 0 Å². The van der Waals surface area contributed by atoms with Crippen molar-refractivity contribution >= 4 is 41.5 Å². The van der Waals surface area contributed by atoms with Crippen molar-refractivity contribution in [2.45, 2.75) is 44.4 Å². The molecule has 1 spiro atoms. The van der Waals surface area contributed by atoms with Crippen molar-refractivity contribution in [3.63, 3.8) is 0 Å².